The summed E-state index contributed by atoms with van der Waals surface area (Å²) in [6.45, 7) is 1.04. The van der Waals surface area contributed by atoms with Crippen molar-refractivity contribution in [1.29, 1.82) is 0 Å². The summed E-state index contributed by atoms with van der Waals surface area (Å²) in [6.07, 6.45) is -0.291. The van der Waals surface area contributed by atoms with Crippen LogP contribution in [0.2, 0.25) is 0 Å². The van der Waals surface area contributed by atoms with Crippen molar-refractivity contribution in [3.63, 3.8) is 0 Å². The van der Waals surface area contributed by atoms with Crippen molar-refractivity contribution in [2.24, 2.45) is 0 Å². The quantitative estimate of drug-likeness (QED) is 0.178. The number of carboxylic acid groups (broad SMARTS) is 1. The molecule has 43 heavy (non-hydrogen) atoms. The van der Waals surface area contributed by atoms with Crippen LogP contribution < -0.4 is 36.1 Å². The van der Waals surface area contributed by atoms with Gasteiger partial charge in [0, 0.05) is 31.2 Å². The van der Waals surface area contributed by atoms with Gasteiger partial charge < -0.3 is 50.4 Å². The molecule has 2 aromatic rings. The number of quaternary nitrogens is 1. The standard InChI is InChI=1S/C30H39F2NO9.ClH/c1-33(11-7-13-42-29(36)30(31,32)10-8-27(34)35)12-9-20-17-23(37-2)24(38-3)18-21(20)22(33)14-19-15-25(39-4)28(41-6)26(16-19)40-5;/h15-18,22H,7-14H2,1-6H3;1H/t22-,33-;/m1./s1. The van der Waals surface area contributed by atoms with Gasteiger partial charge in [-0.3, -0.25) is 4.79 Å². The number of nitrogens with zero attached hydrogens (tertiary/aromatic N) is 1. The van der Waals surface area contributed by atoms with Crippen molar-refractivity contribution >= 4 is 11.9 Å². The third kappa shape index (κ3) is 8.32. The fourth-order valence-electron chi connectivity index (χ4n) is 5.47. The molecule has 13 heteroatoms. The Morgan fingerprint density at radius 3 is 2.05 bits per heavy atom. The Hall–Kier alpha value is -3.51. The molecule has 0 aromatic heterocycles. The van der Waals surface area contributed by atoms with Gasteiger partial charge in [-0.05, 0) is 35.4 Å². The Bertz CT molecular complexity index is 1250. The molecular formula is C30H40ClF2NO9. The lowest BCUT2D eigenvalue weighted by molar-refractivity contribution is -0.941. The van der Waals surface area contributed by atoms with Crippen molar-refractivity contribution < 1.29 is 68.8 Å². The van der Waals surface area contributed by atoms with Gasteiger partial charge in [0.2, 0.25) is 5.75 Å². The molecule has 1 N–H and O–H groups in total. The summed E-state index contributed by atoms with van der Waals surface area (Å²) < 4.78 is 61.2. The lowest BCUT2D eigenvalue weighted by Gasteiger charge is -2.46. The van der Waals surface area contributed by atoms with Gasteiger partial charge in [-0.25, -0.2) is 4.79 Å². The Kier molecular flexibility index (Phi) is 12.7. The van der Waals surface area contributed by atoms with Crippen molar-refractivity contribution in [2.75, 3.05) is 62.3 Å². The lowest BCUT2D eigenvalue weighted by atomic mass is 9.86. The topological polar surface area (TPSA) is 110 Å². The number of carboxylic acids is 1. The van der Waals surface area contributed by atoms with Crippen LogP contribution in [-0.2, 0) is 27.2 Å². The maximum absolute atomic E-state index is 14.0. The second kappa shape index (κ2) is 15.3. The second-order valence-corrected chi connectivity index (χ2v) is 10.4. The Morgan fingerprint density at radius 2 is 1.51 bits per heavy atom. The van der Waals surface area contributed by atoms with Crippen molar-refractivity contribution in [3.05, 3.63) is 41.0 Å². The summed E-state index contributed by atoms with van der Waals surface area (Å²) in [5.74, 6) is -4.20. The van der Waals surface area contributed by atoms with Crippen LogP contribution in [0.3, 0.4) is 0 Å². The number of alkyl halides is 2. The molecular weight excluding hydrogens is 592 g/mol. The first-order chi connectivity index (χ1) is 19.9. The predicted octanol–water partition coefficient (Wildman–Crippen LogP) is 1.45. The molecule has 0 spiro atoms. The van der Waals surface area contributed by atoms with E-state index < -0.39 is 30.7 Å². The summed E-state index contributed by atoms with van der Waals surface area (Å²) in [5, 5.41) is 8.67. The zero-order chi connectivity index (χ0) is 31.1. The Balaban J connectivity index is 0.00000645. The molecule has 0 aliphatic carbocycles. The van der Waals surface area contributed by atoms with E-state index >= 15 is 0 Å². The molecule has 2 aromatic carbocycles. The summed E-state index contributed by atoms with van der Waals surface area (Å²) in [6, 6.07) is 7.68. The maximum atomic E-state index is 14.0. The first-order valence-corrected chi connectivity index (χ1v) is 13.6. The monoisotopic (exact) mass is 631 g/mol. The third-order valence-electron chi connectivity index (χ3n) is 7.80. The number of fused-ring (bicyclic) bond motifs is 1. The number of carbonyl (C=O) groups excluding carboxylic acids is 1. The van der Waals surface area contributed by atoms with Gasteiger partial charge in [0.15, 0.2) is 23.0 Å². The molecule has 1 aliphatic heterocycles. The van der Waals surface area contributed by atoms with Crippen LogP contribution in [0.25, 0.3) is 0 Å². The van der Waals surface area contributed by atoms with Crippen LogP contribution in [0.4, 0.5) is 8.78 Å². The molecule has 240 valence electrons. The first-order valence-electron chi connectivity index (χ1n) is 13.6. The molecule has 0 fully saturated rings. The van der Waals surface area contributed by atoms with Crippen LogP contribution in [0, 0.1) is 0 Å². The number of rotatable bonds is 15. The maximum Gasteiger partial charge on any atom is 0.376 e. The fraction of sp³-hybridized carbons (Fsp3) is 0.533. The highest BCUT2D eigenvalue weighted by Gasteiger charge is 2.42. The molecule has 3 rings (SSSR count). The molecule has 0 amide bonds. The molecule has 2 atom stereocenters. The number of likely N-dealkylation sites (N-methyl/N-ethyl adjacent to an activating group) is 1. The van der Waals surface area contributed by atoms with Gasteiger partial charge in [0.25, 0.3) is 0 Å². The normalized spacial score (nSPS) is 17.6. The zero-order valence-electron chi connectivity index (χ0n) is 25.3. The largest absolute Gasteiger partial charge is 1.00 e. The average molecular weight is 632 g/mol. The summed E-state index contributed by atoms with van der Waals surface area (Å²) in [4.78, 5) is 22.6. The van der Waals surface area contributed by atoms with Crippen LogP contribution in [0.1, 0.15) is 42.0 Å². The summed E-state index contributed by atoms with van der Waals surface area (Å²) >= 11 is 0. The molecule has 0 saturated heterocycles. The van der Waals surface area contributed by atoms with Crippen molar-refractivity contribution in [3.8, 4) is 28.7 Å². The number of esters is 1. The van der Waals surface area contributed by atoms with Crippen LogP contribution in [-0.4, -0.2) is 89.7 Å². The zero-order valence-corrected chi connectivity index (χ0v) is 26.1. The highest BCUT2D eigenvalue weighted by Crippen LogP contribution is 2.45. The molecule has 0 radical (unpaired) electrons. The number of hydrogen-bond acceptors (Lipinski definition) is 8. The van der Waals surface area contributed by atoms with Gasteiger partial charge in [0.1, 0.15) is 6.04 Å². The second-order valence-electron chi connectivity index (χ2n) is 10.4. The number of carbonyl (C=O) groups is 2. The van der Waals surface area contributed by atoms with E-state index in [1.54, 1.807) is 35.5 Å². The van der Waals surface area contributed by atoms with Gasteiger partial charge in [-0.15, -0.1) is 0 Å². The van der Waals surface area contributed by atoms with Crippen molar-refractivity contribution in [2.45, 2.75) is 44.1 Å². The summed E-state index contributed by atoms with van der Waals surface area (Å²) in [7, 11) is 9.91. The predicted molar refractivity (Wildman–Crippen MR) is 149 cm³/mol. The van der Waals surface area contributed by atoms with Crippen LogP contribution in [0.15, 0.2) is 24.3 Å². The molecule has 1 aliphatic rings. The van der Waals surface area contributed by atoms with Crippen molar-refractivity contribution in [1.82, 2.24) is 0 Å². The highest BCUT2D eigenvalue weighted by molar-refractivity contribution is 5.78. The Morgan fingerprint density at radius 1 is 0.930 bits per heavy atom. The first kappa shape index (κ1) is 35.7. The number of aliphatic carboxylic acids is 1. The Labute approximate surface area is 256 Å². The number of benzene rings is 2. The van der Waals surface area contributed by atoms with E-state index in [9.17, 15) is 18.4 Å². The molecule has 0 bridgehead atoms. The minimum absolute atomic E-state index is 0. The van der Waals surface area contributed by atoms with E-state index in [0.717, 1.165) is 29.7 Å². The molecule has 0 unspecified atom stereocenters. The average Bonchev–Trinajstić information content (AvgIpc) is 2.98. The number of halogens is 3. The van der Waals surface area contributed by atoms with Gasteiger partial charge in [-0.1, -0.05) is 0 Å². The van der Waals surface area contributed by atoms with E-state index in [0.29, 0.717) is 52.6 Å². The van der Waals surface area contributed by atoms with Crippen LogP contribution in [0.5, 0.6) is 28.7 Å². The number of methoxy groups -OCH3 is 5. The lowest BCUT2D eigenvalue weighted by Crippen LogP contribution is -3.00. The minimum Gasteiger partial charge on any atom is -1.00 e. The number of hydrogen-bond donors (Lipinski definition) is 1. The third-order valence-corrected chi connectivity index (χ3v) is 7.80. The van der Waals surface area contributed by atoms with Gasteiger partial charge in [0.05, 0.1) is 68.7 Å². The van der Waals surface area contributed by atoms with E-state index in [-0.39, 0.29) is 25.1 Å². The van der Waals surface area contributed by atoms with E-state index in [1.165, 1.54) is 0 Å². The van der Waals surface area contributed by atoms with Gasteiger partial charge >= 0.3 is 17.9 Å². The van der Waals surface area contributed by atoms with E-state index in [4.69, 9.17) is 33.5 Å². The summed E-state index contributed by atoms with van der Waals surface area (Å²) in [5.41, 5.74) is 3.11. The number of ether oxygens (including phenoxy) is 6. The van der Waals surface area contributed by atoms with Crippen LogP contribution >= 0.6 is 0 Å². The van der Waals surface area contributed by atoms with E-state index in [1.807, 2.05) is 24.3 Å². The molecule has 10 nitrogen and oxygen atoms in total. The molecule has 1 heterocycles. The van der Waals surface area contributed by atoms with E-state index in [2.05, 4.69) is 7.05 Å². The fourth-order valence-corrected chi connectivity index (χ4v) is 5.47. The smallest absolute Gasteiger partial charge is 0.376 e. The highest BCUT2D eigenvalue weighted by atomic mass is 35.5. The van der Waals surface area contributed by atoms with Gasteiger partial charge in [-0.2, -0.15) is 8.78 Å². The SMILES string of the molecule is COc1cc2c(cc1OC)[C@@H](Cc1cc(OC)c(OC)c(OC)c1)[N@+](C)(CCCOC(=O)C(F)(F)CCC(=O)O)CC2.[Cl-]. The molecule has 0 saturated carbocycles. The minimum atomic E-state index is -3.86.